The molecule has 1 N–H and O–H groups in total. The summed E-state index contributed by atoms with van der Waals surface area (Å²) in [4.78, 5) is 14.6. The van der Waals surface area contributed by atoms with Crippen molar-refractivity contribution in [2.45, 2.75) is 30.7 Å². The molecule has 2 heterocycles. The first-order valence-corrected chi connectivity index (χ1v) is 7.62. The van der Waals surface area contributed by atoms with Gasteiger partial charge >= 0.3 is 0 Å². The molecule has 3 aliphatic rings. The van der Waals surface area contributed by atoms with E-state index in [0.717, 1.165) is 18.4 Å². The molecule has 0 radical (unpaired) electrons. The molecule has 112 valence electrons. The lowest BCUT2D eigenvalue weighted by Crippen LogP contribution is -2.42. The molecule has 2 atom stereocenters. The third-order valence-electron chi connectivity index (χ3n) is 4.55. The van der Waals surface area contributed by atoms with E-state index in [1.807, 2.05) is 23.1 Å². The Bertz CT molecular complexity index is 524. The van der Waals surface area contributed by atoms with E-state index < -0.39 is 0 Å². The van der Waals surface area contributed by atoms with Gasteiger partial charge in [0.05, 0.1) is 32.5 Å². The first-order chi connectivity index (χ1) is 10.3. The maximum absolute atomic E-state index is 12.7. The first kappa shape index (κ1) is 13.2. The Morgan fingerprint density at radius 2 is 2.05 bits per heavy atom. The summed E-state index contributed by atoms with van der Waals surface area (Å²) in [6.07, 6.45) is 1.80. The van der Waals surface area contributed by atoms with Crippen molar-refractivity contribution in [2.75, 3.05) is 26.4 Å². The van der Waals surface area contributed by atoms with Crippen LogP contribution < -0.4 is 5.32 Å². The van der Waals surface area contributed by atoms with E-state index in [1.165, 1.54) is 0 Å². The van der Waals surface area contributed by atoms with Gasteiger partial charge in [-0.05, 0) is 18.4 Å². The number of amides is 1. The van der Waals surface area contributed by atoms with E-state index >= 15 is 0 Å². The first-order valence-electron chi connectivity index (χ1n) is 7.62. The lowest BCUT2D eigenvalue weighted by atomic mass is 10.1. The third-order valence-corrected chi connectivity index (χ3v) is 4.55. The van der Waals surface area contributed by atoms with Crippen LogP contribution in [0.5, 0.6) is 0 Å². The van der Waals surface area contributed by atoms with Crippen molar-refractivity contribution in [3.8, 4) is 0 Å². The fraction of sp³-hybridized carbons (Fsp3) is 0.562. The monoisotopic (exact) mass is 288 g/mol. The molecule has 1 saturated carbocycles. The second-order valence-electron chi connectivity index (χ2n) is 6.06. The van der Waals surface area contributed by atoms with E-state index in [0.29, 0.717) is 26.4 Å². The maximum Gasteiger partial charge on any atom is 0.244 e. The van der Waals surface area contributed by atoms with Crippen molar-refractivity contribution >= 4 is 5.91 Å². The molecule has 2 aliphatic heterocycles. The molecule has 3 fully saturated rings. The summed E-state index contributed by atoms with van der Waals surface area (Å²) in [5.41, 5.74) is 0.821. The number of benzene rings is 1. The normalized spacial score (nSPS) is 30.9. The minimum Gasteiger partial charge on any atom is -0.376 e. The summed E-state index contributed by atoms with van der Waals surface area (Å²) in [6.45, 7) is 2.42. The number of nitrogens with zero attached hydrogens (tertiary/aromatic N) is 1. The highest BCUT2D eigenvalue weighted by Gasteiger charge is 2.59. The average Bonchev–Trinajstić information content (AvgIpc) is 3.27. The summed E-state index contributed by atoms with van der Waals surface area (Å²) >= 11 is 0. The minimum atomic E-state index is -0.309. The predicted octanol–water partition coefficient (Wildman–Crippen LogP) is 1.06. The van der Waals surface area contributed by atoms with Gasteiger partial charge in [-0.3, -0.25) is 10.1 Å². The number of carbonyl (C=O) groups is 1. The Morgan fingerprint density at radius 3 is 2.71 bits per heavy atom. The van der Waals surface area contributed by atoms with Gasteiger partial charge in [0.25, 0.3) is 0 Å². The molecule has 2 saturated heterocycles. The van der Waals surface area contributed by atoms with E-state index in [4.69, 9.17) is 9.47 Å². The smallest absolute Gasteiger partial charge is 0.244 e. The third kappa shape index (κ3) is 2.35. The van der Waals surface area contributed by atoms with Crippen LogP contribution in [0.1, 0.15) is 24.6 Å². The summed E-state index contributed by atoms with van der Waals surface area (Å²) < 4.78 is 11.2. The molecule has 1 amide bonds. The number of carbonyl (C=O) groups excluding carboxylic acids is 1. The Hall–Kier alpha value is -1.43. The van der Waals surface area contributed by atoms with Crippen LogP contribution in [0.25, 0.3) is 0 Å². The van der Waals surface area contributed by atoms with Crippen LogP contribution in [-0.2, 0) is 14.3 Å². The topological polar surface area (TPSA) is 50.8 Å². The fourth-order valence-electron chi connectivity index (χ4n) is 3.23. The van der Waals surface area contributed by atoms with Gasteiger partial charge in [0.15, 0.2) is 0 Å². The Morgan fingerprint density at radius 1 is 1.24 bits per heavy atom. The second kappa shape index (κ2) is 5.09. The Kier molecular flexibility index (Phi) is 3.21. The molecule has 5 nitrogen and oxygen atoms in total. The molecular formula is C16H20N2O3. The van der Waals surface area contributed by atoms with Crippen LogP contribution in [0, 0.1) is 0 Å². The Balaban J connectivity index is 1.57. The minimum absolute atomic E-state index is 0.0235. The fourth-order valence-corrected chi connectivity index (χ4v) is 3.23. The quantitative estimate of drug-likeness (QED) is 0.904. The van der Waals surface area contributed by atoms with Crippen LogP contribution in [-0.4, -0.2) is 48.8 Å². The van der Waals surface area contributed by atoms with Crippen molar-refractivity contribution in [1.82, 2.24) is 10.2 Å². The van der Waals surface area contributed by atoms with Crippen molar-refractivity contribution in [2.24, 2.45) is 0 Å². The number of hydrogen-bond acceptors (Lipinski definition) is 4. The van der Waals surface area contributed by atoms with Gasteiger partial charge in [-0.15, -0.1) is 0 Å². The van der Waals surface area contributed by atoms with Gasteiger partial charge in [-0.2, -0.15) is 0 Å². The van der Waals surface area contributed by atoms with Gasteiger partial charge in [-0.25, -0.2) is 0 Å². The summed E-state index contributed by atoms with van der Waals surface area (Å²) in [5.74, 6) is 0.213. The molecule has 21 heavy (non-hydrogen) atoms. The lowest BCUT2D eigenvalue weighted by Gasteiger charge is -2.30. The van der Waals surface area contributed by atoms with Crippen molar-refractivity contribution in [3.05, 3.63) is 35.9 Å². The standard InChI is InChI=1S/C16H20N2O3/c19-15-16(6-7-16)17-14(12-4-2-1-3-5-12)18(15)10-13-11-20-8-9-21-13/h1-5,13-14,17H,6-11H2. The van der Waals surface area contributed by atoms with E-state index in [2.05, 4.69) is 17.4 Å². The highest BCUT2D eigenvalue weighted by molar-refractivity contribution is 5.92. The summed E-state index contributed by atoms with van der Waals surface area (Å²) in [5, 5.41) is 3.53. The summed E-state index contributed by atoms with van der Waals surface area (Å²) in [7, 11) is 0. The molecular weight excluding hydrogens is 268 g/mol. The predicted molar refractivity (Wildman–Crippen MR) is 76.6 cm³/mol. The number of rotatable bonds is 3. The highest BCUT2D eigenvalue weighted by atomic mass is 16.6. The molecule has 4 rings (SSSR count). The van der Waals surface area contributed by atoms with E-state index in [9.17, 15) is 4.79 Å². The average molecular weight is 288 g/mol. The number of nitrogens with one attached hydrogen (secondary N) is 1. The molecule has 0 bridgehead atoms. The SMILES string of the molecule is O=C1N(CC2COCCO2)C(c2ccccc2)NC12CC2. The number of hydrogen-bond donors (Lipinski definition) is 1. The van der Waals surface area contributed by atoms with Gasteiger partial charge in [0.1, 0.15) is 11.7 Å². The van der Waals surface area contributed by atoms with Crippen LogP contribution in [0.4, 0.5) is 0 Å². The highest BCUT2D eigenvalue weighted by Crippen LogP contribution is 2.45. The largest absolute Gasteiger partial charge is 0.376 e. The molecule has 1 aromatic carbocycles. The van der Waals surface area contributed by atoms with Crippen LogP contribution >= 0.6 is 0 Å². The maximum atomic E-state index is 12.7. The molecule has 1 aromatic rings. The Labute approximate surface area is 124 Å². The zero-order chi connectivity index (χ0) is 14.3. The van der Waals surface area contributed by atoms with Gasteiger partial charge < -0.3 is 14.4 Å². The second-order valence-corrected chi connectivity index (χ2v) is 6.06. The van der Waals surface area contributed by atoms with Crippen molar-refractivity contribution < 1.29 is 14.3 Å². The molecule has 5 heteroatoms. The van der Waals surface area contributed by atoms with Gasteiger partial charge in [0, 0.05) is 0 Å². The van der Waals surface area contributed by atoms with Crippen LogP contribution in [0.15, 0.2) is 30.3 Å². The molecule has 1 aliphatic carbocycles. The number of ether oxygens (including phenoxy) is 2. The van der Waals surface area contributed by atoms with E-state index in [1.54, 1.807) is 0 Å². The lowest BCUT2D eigenvalue weighted by molar-refractivity contribution is -0.137. The van der Waals surface area contributed by atoms with Gasteiger partial charge in [0.2, 0.25) is 5.91 Å². The summed E-state index contributed by atoms with van der Waals surface area (Å²) in [6, 6.07) is 10.2. The zero-order valence-corrected chi connectivity index (χ0v) is 12.0. The van der Waals surface area contributed by atoms with Gasteiger partial charge in [-0.1, -0.05) is 30.3 Å². The van der Waals surface area contributed by atoms with Crippen molar-refractivity contribution in [1.29, 1.82) is 0 Å². The molecule has 0 aromatic heterocycles. The van der Waals surface area contributed by atoms with Crippen LogP contribution in [0.3, 0.4) is 0 Å². The van der Waals surface area contributed by atoms with E-state index in [-0.39, 0.29) is 23.7 Å². The zero-order valence-electron chi connectivity index (χ0n) is 12.0. The van der Waals surface area contributed by atoms with Crippen LogP contribution in [0.2, 0.25) is 0 Å². The molecule has 1 spiro atoms. The molecule has 2 unspecified atom stereocenters. The van der Waals surface area contributed by atoms with Crippen molar-refractivity contribution in [3.63, 3.8) is 0 Å².